The number of imidazole rings is 1. The summed E-state index contributed by atoms with van der Waals surface area (Å²) in [5.74, 6) is 0.586. The van der Waals surface area contributed by atoms with Gasteiger partial charge >= 0.3 is 6.03 Å². The molecule has 0 aliphatic heterocycles. The van der Waals surface area contributed by atoms with Gasteiger partial charge in [-0.3, -0.25) is 0 Å². The fourth-order valence-corrected chi connectivity index (χ4v) is 4.44. The monoisotopic (exact) mass is 466 g/mol. The van der Waals surface area contributed by atoms with E-state index in [1.807, 2.05) is 42.2 Å². The highest BCUT2D eigenvalue weighted by atomic mass is 16.2. The molecule has 0 bridgehead atoms. The molecule has 0 saturated carbocycles. The van der Waals surface area contributed by atoms with Gasteiger partial charge in [0, 0.05) is 24.3 Å². The van der Waals surface area contributed by atoms with Crippen molar-refractivity contribution in [2.75, 3.05) is 11.9 Å². The SMILES string of the molecule is CC[C@H](C)c1cc(NC(=O)NCCC(c2ccccc2)c2ccccc2)ccc1-n1cnc(C)c1. The van der Waals surface area contributed by atoms with Crippen LogP contribution >= 0.6 is 0 Å². The Morgan fingerprint density at radius 3 is 2.20 bits per heavy atom. The third-order valence-electron chi connectivity index (χ3n) is 6.54. The highest BCUT2D eigenvalue weighted by Crippen LogP contribution is 2.29. The predicted octanol–water partition coefficient (Wildman–Crippen LogP) is 7.04. The number of hydrogen-bond acceptors (Lipinski definition) is 2. The van der Waals surface area contributed by atoms with E-state index < -0.39 is 0 Å². The molecule has 0 radical (unpaired) electrons. The molecule has 4 aromatic rings. The molecule has 1 aromatic heterocycles. The Morgan fingerprint density at radius 1 is 0.971 bits per heavy atom. The molecule has 2 amide bonds. The minimum atomic E-state index is -0.189. The van der Waals surface area contributed by atoms with E-state index >= 15 is 0 Å². The first-order valence-electron chi connectivity index (χ1n) is 12.3. The molecule has 0 aliphatic carbocycles. The van der Waals surface area contributed by atoms with Gasteiger partial charge in [-0.2, -0.15) is 0 Å². The highest BCUT2D eigenvalue weighted by molar-refractivity contribution is 5.89. The number of aromatic nitrogens is 2. The van der Waals surface area contributed by atoms with Gasteiger partial charge in [-0.15, -0.1) is 0 Å². The number of hydrogen-bond donors (Lipinski definition) is 2. The molecular formula is C30H34N4O. The topological polar surface area (TPSA) is 59.0 Å². The Kier molecular flexibility index (Phi) is 7.99. The van der Waals surface area contributed by atoms with Gasteiger partial charge in [-0.1, -0.05) is 74.5 Å². The lowest BCUT2D eigenvalue weighted by atomic mass is 9.88. The molecule has 35 heavy (non-hydrogen) atoms. The van der Waals surface area contributed by atoms with Crippen molar-refractivity contribution in [3.63, 3.8) is 0 Å². The van der Waals surface area contributed by atoms with E-state index in [2.05, 4.69) is 90.1 Å². The summed E-state index contributed by atoms with van der Waals surface area (Å²) in [5, 5.41) is 6.07. The lowest BCUT2D eigenvalue weighted by Crippen LogP contribution is -2.30. The fourth-order valence-electron chi connectivity index (χ4n) is 4.44. The third kappa shape index (κ3) is 6.18. The van der Waals surface area contributed by atoms with Crippen LogP contribution in [0.5, 0.6) is 0 Å². The molecular weight excluding hydrogens is 432 g/mol. The minimum absolute atomic E-state index is 0.189. The Morgan fingerprint density at radius 2 is 1.63 bits per heavy atom. The highest BCUT2D eigenvalue weighted by Gasteiger charge is 2.15. The van der Waals surface area contributed by atoms with E-state index in [9.17, 15) is 4.79 Å². The van der Waals surface area contributed by atoms with Crippen LogP contribution in [0.2, 0.25) is 0 Å². The van der Waals surface area contributed by atoms with Gasteiger partial charge in [0.15, 0.2) is 0 Å². The van der Waals surface area contributed by atoms with Crippen molar-refractivity contribution in [1.82, 2.24) is 14.9 Å². The van der Waals surface area contributed by atoms with Crippen molar-refractivity contribution in [1.29, 1.82) is 0 Å². The lowest BCUT2D eigenvalue weighted by molar-refractivity contribution is 0.252. The molecule has 4 rings (SSSR count). The number of nitrogens with zero attached hydrogens (tertiary/aromatic N) is 2. The summed E-state index contributed by atoms with van der Waals surface area (Å²) in [7, 11) is 0. The molecule has 1 heterocycles. The van der Waals surface area contributed by atoms with E-state index in [1.54, 1.807) is 0 Å². The smallest absolute Gasteiger partial charge is 0.319 e. The van der Waals surface area contributed by atoms with Crippen molar-refractivity contribution in [2.24, 2.45) is 0 Å². The summed E-state index contributed by atoms with van der Waals surface area (Å²) in [4.78, 5) is 17.1. The molecule has 1 atom stereocenters. The number of urea groups is 1. The van der Waals surface area contributed by atoms with Gasteiger partial charge in [0.2, 0.25) is 0 Å². The van der Waals surface area contributed by atoms with Crippen LogP contribution in [0.15, 0.2) is 91.4 Å². The summed E-state index contributed by atoms with van der Waals surface area (Å²) >= 11 is 0. The van der Waals surface area contributed by atoms with Gasteiger partial charge in [-0.05, 0) is 60.6 Å². The Bertz CT molecular complexity index is 1190. The maximum absolute atomic E-state index is 12.7. The van der Waals surface area contributed by atoms with E-state index in [1.165, 1.54) is 16.7 Å². The summed E-state index contributed by atoms with van der Waals surface area (Å²) in [6, 6.07) is 26.8. The van der Waals surface area contributed by atoms with E-state index in [-0.39, 0.29) is 11.9 Å². The molecule has 0 saturated heterocycles. The molecule has 0 spiro atoms. The Balaban J connectivity index is 1.42. The normalized spacial score (nSPS) is 11.9. The number of aryl methyl sites for hydroxylation is 1. The number of nitrogens with one attached hydrogen (secondary N) is 2. The van der Waals surface area contributed by atoms with Crippen LogP contribution < -0.4 is 10.6 Å². The second-order valence-corrected chi connectivity index (χ2v) is 9.05. The average molecular weight is 467 g/mol. The minimum Gasteiger partial charge on any atom is -0.338 e. The number of amides is 2. The van der Waals surface area contributed by atoms with Gasteiger partial charge in [0.05, 0.1) is 17.7 Å². The van der Waals surface area contributed by atoms with Crippen molar-refractivity contribution in [3.8, 4) is 5.69 Å². The van der Waals surface area contributed by atoms with E-state index in [0.717, 1.165) is 29.9 Å². The number of carbonyl (C=O) groups is 1. The first-order valence-corrected chi connectivity index (χ1v) is 12.3. The quantitative estimate of drug-likeness (QED) is 0.278. The van der Waals surface area contributed by atoms with Gasteiger partial charge in [0.1, 0.15) is 0 Å². The molecule has 0 fully saturated rings. The Labute approximate surface area is 208 Å². The van der Waals surface area contributed by atoms with E-state index in [0.29, 0.717) is 12.5 Å². The molecule has 180 valence electrons. The number of carbonyl (C=O) groups excluding carboxylic acids is 1. The summed E-state index contributed by atoms with van der Waals surface area (Å²) in [6.07, 6.45) is 5.69. The molecule has 5 nitrogen and oxygen atoms in total. The van der Waals surface area contributed by atoms with Gasteiger partial charge in [0.25, 0.3) is 0 Å². The Hall–Kier alpha value is -3.86. The van der Waals surface area contributed by atoms with Crippen LogP contribution in [0.3, 0.4) is 0 Å². The van der Waals surface area contributed by atoms with Crippen LogP contribution in [0.25, 0.3) is 5.69 Å². The second kappa shape index (κ2) is 11.5. The lowest BCUT2D eigenvalue weighted by Gasteiger charge is -2.19. The summed E-state index contributed by atoms with van der Waals surface area (Å²) < 4.78 is 2.05. The van der Waals surface area contributed by atoms with E-state index in [4.69, 9.17) is 0 Å². The van der Waals surface area contributed by atoms with Crippen LogP contribution in [0, 0.1) is 6.92 Å². The van der Waals surface area contributed by atoms with Crippen molar-refractivity contribution in [3.05, 3.63) is 114 Å². The van der Waals surface area contributed by atoms with Crippen molar-refractivity contribution >= 4 is 11.7 Å². The fraction of sp³-hybridized carbons (Fsp3) is 0.267. The van der Waals surface area contributed by atoms with Crippen molar-refractivity contribution in [2.45, 2.75) is 45.4 Å². The number of rotatable bonds is 9. The maximum atomic E-state index is 12.7. The van der Waals surface area contributed by atoms with Gasteiger partial charge < -0.3 is 15.2 Å². The van der Waals surface area contributed by atoms with Crippen LogP contribution in [0.4, 0.5) is 10.5 Å². The zero-order valence-electron chi connectivity index (χ0n) is 20.7. The number of benzene rings is 3. The number of anilines is 1. The molecule has 2 N–H and O–H groups in total. The predicted molar refractivity (Wildman–Crippen MR) is 143 cm³/mol. The molecule has 0 aliphatic rings. The average Bonchev–Trinajstić information content (AvgIpc) is 3.33. The largest absolute Gasteiger partial charge is 0.338 e. The van der Waals surface area contributed by atoms with Crippen LogP contribution in [-0.4, -0.2) is 22.1 Å². The third-order valence-corrected chi connectivity index (χ3v) is 6.54. The maximum Gasteiger partial charge on any atom is 0.319 e. The first kappa shape index (κ1) is 24.3. The zero-order chi connectivity index (χ0) is 24.6. The summed E-state index contributed by atoms with van der Waals surface area (Å²) in [6.45, 7) is 6.95. The summed E-state index contributed by atoms with van der Waals surface area (Å²) in [5.41, 5.74) is 6.57. The first-order chi connectivity index (χ1) is 17.0. The zero-order valence-corrected chi connectivity index (χ0v) is 20.7. The standard InChI is InChI=1S/C30H34N4O/c1-4-22(2)28-19-26(15-16-29(28)34-20-23(3)32-21-34)33-30(35)31-18-17-27(24-11-7-5-8-12-24)25-13-9-6-10-14-25/h5-16,19-22,27H,4,17-18H2,1-3H3,(H2,31,33,35)/t22-/m0/s1. The molecule has 3 aromatic carbocycles. The molecule has 5 heteroatoms. The van der Waals surface area contributed by atoms with Gasteiger partial charge in [-0.25, -0.2) is 9.78 Å². The molecule has 0 unspecified atom stereocenters. The van der Waals surface area contributed by atoms with Crippen LogP contribution in [0.1, 0.15) is 60.9 Å². The second-order valence-electron chi connectivity index (χ2n) is 9.05. The van der Waals surface area contributed by atoms with Crippen LogP contribution in [-0.2, 0) is 0 Å². The van der Waals surface area contributed by atoms with Crippen molar-refractivity contribution < 1.29 is 4.79 Å².